The summed E-state index contributed by atoms with van der Waals surface area (Å²) in [7, 11) is 0. The summed E-state index contributed by atoms with van der Waals surface area (Å²) in [5.74, 6) is 1.79. The first-order valence-electron chi connectivity index (χ1n) is 4.59. The minimum absolute atomic E-state index is 0.581. The Hall–Kier alpha value is -0.350. The quantitative estimate of drug-likeness (QED) is 0.719. The maximum atomic E-state index is 5.95. The van der Waals surface area contributed by atoms with Gasteiger partial charge >= 0.3 is 0 Å². The molecule has 2 aliphatic rings. The molecule has 3 nitrogen and oxygen atoms in total. The summed E-state index contributed by atoms with van der Waals surface area (Å²) < 4.78 is 8.24. The minimum atomic E-state index is 0.581. The average Bonchev–Trinajstić information content (AvgIpc) is 2.77. The molecule has 0 amide bonds. The number of aromatic nitrogens is 2. The number of piperidine rings is 1. The summed E-state index contributed by atoms with van der Waals surface area (Å²) in [4.78, 5) is 2.33. The van der Waals surface area contributed by atoms with E-state index >= 15 is 0 Å². The van der Waals surface area contributed by atoms with Crippen LogP contribution in [0, 0.1) is 5.92 Å². The highest BCUT2D eigenvalue weighted by atomic mass is 35.5. The van der Waals surface area contributed by atoms with E-state index in [-0.39, 0.29) is 0 Å². The van der Waals surface area contributed by atoms with Gasteiger partial charge in [-0.05, 0) is 25.2 Å². The van der Waals surface area contributed by atoms with E-state index in [1.807, 2.05) is 0 Å². The van der Waals surface area contributed by atoms with Crippen molar-refractivity contribution in [2.24, 2.45) is 5.92 Å². The van der Waals surface area contributed by atoms with E-state index in [4.69, 9.17) is 11.6 Å². The third-order valence-electron chi connectivity index (χ3n) is 3.11. The van der Waals surface area contributed by atoms with Crippen molar-refractivity contribution in [3.05, 3.63) is 5.15 Å². The SMILES string of the molecule is Clc1nsnc1N1CC2CCC1C2. The van der Waals surface area contributed by atoms with Gasteiger partial charge in [0.2, 0.25) is 0 Å². The monoisotopic (exact) mass is 215 g/mol. The molecule has 1 aliphatic carbocycles. The summed E-state index contributed by atoms with van der Waals surface area (Å²) in [6.07, 6.45) is 4.02. The minimum Gasteiger partial charge on any atom is -0.350 e. The predicted molar refractivity (Wildman–Crippen MR) is 53.4 cm³/mol. The Balaban J connectivity index is 1.91. The summed E-state index contributed by atoms with van der Waals surface area (Å²) in [5, 5.41) is 0.581. The molecule has 2 unspecified atom stereocenters. The second-order valence-corrected chi connectivity index (χ2v) is 4.75. The fourth-order valence-corrected chi connectivity index (χ4v) is 3.28. The van der Waals surface area contributed by atoms with Crippen molar-refractivity contribution in [3.8, 4) is 0 Å². The lowest BCUT2D eigenvalue weighted by molar-refractivity contribution is 0.551. The van der Waals surface area contributed by atoms with E-state index in [9.17, 15) is 0 Å². The number of anilines is 1. The van der Waals surface area contributed by atoms with Crippen molar-refractivity contribution in [2.45, 2.75) is 25.3 Å². The van der Waals surface area contributed by atoms with Gasteiger partial charge in [-0.25, -0.2) is 0 Å². The number of nitrogens with zero attached hydrogens (tertiary/aromatic N) is 3. The topological polar surface area (TPSA) is 29.0 Å². The van der Waals surface area contributed by atoms with Gasteiger partial charge in [-0.3, -0.25) is 0 Å². The molecule has 2 atom stereocenters. The van der Waals surface area contributed by atoms with Gasteiger partial charge in [-0.15, -0.1) is 0 Å². The van der Waals surface area contributed by atoms with Gasteiger partial charge in [0, 0.05) is 12.6 Å². The van der Waals surface area contributed by atoms with E-state index in [1.54, 1.807) is 0 Å². The van der Waals surface area contributed by atoms with Crippen LogP contribution < -0.4 is 4.90 Å². The summed E-state index contributed by atoms with van der Waals surface area (Å²) in [6, 6.07) is 0.686. The molecule has 0 N–H and O–H groups in total. The predicted octanol–water partition coefficient (Wildman–Crippen LogP) is 2.18. The Morgan fingerprint density at radius 2 is 2.31 bits per heavy atom. The molecule has 1 aromatic rings. The highest BCUT2D eigenvalue weighted by Crippen LogP contribution is 2.41. The lowest BCUT2D eigenvalue weighted by Crippen LogP contribution is -2.32. The van der Waals surface area contributed by atoms with Gasteiger partial charge in [0.1, 0.15) is 0 Å². The van der Waals surface area contributed by atoms with Crippen molar-refractivity contribution in [3.63, 3.8) is 0 Å². The molecule has 1 saturated heterocycles. The first-order valence-corrected chi connectivity index (χ1v) is 5.70. The van der Waals surface area contributed by atoms with Crippen LogP contribution in [0.15, 0.2) is 0 Å². The van der Waals surface area contributed by atoms with Crippen LogP contribution in [0.25, 0.3) is 0 Å². The molecule has 5 heteroatoms. The third-order valence-corrected chi connectivity index (χ3v) is 3.99. The van der Waals surface area contributed by atoms with E-state index in [0.717, 1.165) is 18.3 Å². The maximum absolute atomic E-state index is 5.95. The fraction of sp³-hybridized carbons (Fsp3) is 0.750. The van der Waals surface area contributed by atoms with Gasteiger partial charge in [0.15, 0.2) is 11.0 Å². The van der Waals surface area contributed by atoms with Gasteiger partial charge in [-0.1, -0.05) is 11.6 Å². The molecule has 70 valence electrons. The molecular formula is C8H10ClN3S. The molecule has 1 saturated carbocycles. The molecule has 3 rings (SSSR count). The van der Waals surface area contributed by atoms with Crippen molar-refractivity contribution in [1.29, 1.82) is 0 Å². The highest BCUT2D eigenvalue weighted by molar-refractivity contribution is 6.99. The van der Waals surface area contributed by atoms with E-state index < -0.39 is 0 Å². The van der Waals surface area contributed by atoms with Crippen LogP contribution in [0.4, 0.5) is 5.82 Å². The maximum Gasteiger partial charge on any atom is 0.187 e. The molecule has 0 aromatic carbocycles. The molecule has 1 aliphatic heterocycles. The second kappa shape index (κ2) is 2.82. The van der Waals surface area contributed by atoms with Crippen LogP contribution in [0.5, 0.6) is 0 Å². The zero-order valence-electron chi connectivity index (χ0n) is 7.11. The Labute approximate surface area is 86.0 Å². The molecule has 13 heavy (non-hydrogen) atoms. The first-order chi connectivity index (χ1) is 6.34. The summed E-state index contributed by atoms with van der Waals surface area (Å²) >= 11 is 7.16. The van der Waals surface area contributed by atoms with Crippen LogP contribution in [-0.2, 0) is 0 Å². The Morgan fingerprint density at radius 1 is 1.38 bits per heavy atom. The third kappa shape index (κ3) is 1.15. The van der Waals surface area contributed by atoms with Crippen LogP contribution in [0.3, 0.4) is 0 Å². The zero-order chi connectivity index (χ0) is 8.84. The molecular weight excluding hydrogens is 206 g/mol. The van der Waals surface area contributed by atoms with Gasteiger partial charge in [0.25, 0.3) is 0 Å². The number of rotatable bonds is 1. The first kappa shape index (κ1) is 8.00. The lowest BCUT2D eigenvalue weighted by atomic mass is 10.1. The van der Waals surface area contributed by atoms with E-state index in [2.05, 4.69) is 13.6 Å². The smallest absolute Gasteiger partial charge is 0.187 e. The second-order valence-electron chi connectivity index (χ2n) is 3.86. The number of fused-ring (bicyclic) bond motifs is 2. The number of hydrogen-bond acceptors (Lipinski definition) is 4. The van der Waals surface area contributed by atoms with Crippen LogP contribution in [0.1, 0.15) is 19.3 Å². The van der Waals surface area contributed by atoms with Gasteiger partial charge in [0.05, 0.1) is 11.7 Å². The molecule has 2 heterocycles. The summed E-state index contributed by atoms with van der Waals surface area (Å²) in [6.45, 7) is 1.13. The Kier molecular flexibility index (Phi) is 1.73. The lowest BCUT2D eigenvalue weighted by Gasteiger charge is -2.26. The van der Waals surface area contributed by atoms with Gasteiger partial charge in [-0.2, -0.15) is 8.75 Å². The van der Waals surface area contributed by atoms with Crippen LogP contribution in [0.2, 0.25) is 5.15 Å². The summed E-state index contributed by atoms with van der Waals surface area (Å²) in [5.41, 5.74) is 0. The Bertz CT molecular complexity index is 327. The van der Waals surface area contributed by atoms with Crippen molar-refractivity contribution < 1.29 is 0 Å². The highest BCUT2D eigenvalue weighted by Gasteiger charge is 2.39. The van der Waals surface area contributed by atoms with Crippen LogP contribution >= 0.6 is 23.3 Å². The zero-order valence-corrected chi connectivity index (χ0v) is 8.68. The average molecular weight is 216 g/mol. The standard InChI is InChI=1S/C8H10ClN3S/c9-7-8(11-13-10-7)12-4-5-1-2-6(12)3-5/h5-6H,1-4H2. The molecule has 2 fully saturated rings. The molecule has 0 spiro atoms. The normalized spacial score (nSPS) is 31.6. The van der Waals surface area contributed by atoms with Crippen molar-refractivity contribution >= 4 is 29.1 Å². The van der Waals surface area contributed by atoms with E-state index in [0.29, 0.717) is 11.2 Å². The van der Waals surface area contributed by atoms with Gasteiger partial charge < -0.3 is 4.90 Å². The van der Waals surface area contributed by atoms with Crippen molar-refractivity contribution in [2.75, 3.05) is 11.4 Å². The molecule has 0 radical (unpaired) electrons. The molecule has 2 bridgehead atoms. The van der Waals surface area contributed by atoms with Crippen molar-refractivity contribution in [1.82, 2.24) is 8.75 Å². The number of hydrogen-bond donors (Lipinski definition) is 0. The molecule has 1 aromatic heterocycles. The fourth-order valence-electron chi connectivity index (χ4n) is 2.53. The van der Waals surface area contributed by atoms with E-state index in [1.165, 1.54) is 31.0 Å². The Morgan fingerprint density at radius 3 is 2.85 bits per heavy atom. The largest absolute Gasteiger partial charge is 0.350 e. The number of halogens is 1. The van der Waals surface area contributed by atoms with Crippen LogP contribution in [-0.4, -0.2) is 21.3 Å².